The first kappa shape index (κ1) is 19.7. The number of sulfone groups is 1. The molecule has 0 heterocycles. The Morgan fingerprint density at radius 2 is 1.62 bits per heavy atom. The molecule has 26 heavy (non-hydrogen) atoms. The molecule has 1 N–H and O–H groups in total. The molecule has 0 radical (unpaired) electrons. The number of hydrogen-bond donors (Lipinski definition) is 1. The number of nitriles is 1. The molecule has 0 saturated carbocycles. The third-order valence-electron chi connectivity index (χ3n) is 3.98. The molecule has 0 aliphatic rings. The zero-order chi connectivity index (χ0) is 19.4. The number of amides is 1. The summed E-state index contributed by atoms with van der Waals surface area (Å²) in [5.41, 5.74) is 2.02. The third-order valence-corrected chi connectivity index (χ3v) is 5.71. The van der Waals surface area contributed by atoms with E-state index in [9.17, 15) is 13.2 Å². The summed E-state index contributed by atoms with van der Waals surface area (Å²) in [5, 5.41) is 11.4. The van der Waals surface area contributed by atoms with E-state index < -0.39 is 9.84 Å². The van der Waals surface area contributed by atoms with Gasteiger partial charge in [0.25, 0.3) is 0 Å². The lowest BCUT2D eigenvalue weighted by atomic mass is 9.87. The molecule has 2 aromatic rings. The van der Waals surface area contributed by atoms with E-state index in [0.29, 0.717) is 11.3 Å². The van der Waals surface area contributed by atoms with Gasteiger partial charge in [-0.25, -0.2) is 8.42 Å². The highest BCUT2D eigenvalue weighted by Gasteiger charge is 2.19. The van der Waals surface area contributed by atoms with E-state index in [2.05, 4.69) is 26.1 Å². The van der Waals surface area contributed by atoms with Gasteiger partial charge in [-0.1, -0.05) is 32.9 Å². The minimum Gasteiger partial charge on any atom is -0.326 e. The second-order valence-corrected chi connectivity index (χ2v) is 9.19. The summed E-state index contributed by atoms with van der Waals surface area (Å²) < 4.78 is 24.8. The zero-order valence-corrected chi connectivity index (χ0v) is 15.9. The highest BCUT2D eigenvalue weighted by atomic mass is 32.2. The fourth-order valence-electron chi connectivity index (χ4n) is 2.36. The number of carbonyl (C=O) groups excluding carboxylic acids is 1. The van der Waals surface area contributed by atoms with Gasteiger partial charge in [0, 0.05) is 12.1 Å². The van der Waals surface area contributed by atoms with Crippen molar-refractivity contribution in [3.8, 4) is 6.07 Å². The number of nitrogens with one attached hydrogen (secondary N) is 1. The van der Waals surface area contributed by atoms with E-state index in [1.807, 2.05) is 18.2 Å². The number of carbonyl (C=O) groups is 1. The number of hydrogen-bond acceptors (Lipinski definition) is 4. The van der Waals surface area contributed by atoms with Crippen molar-refractivity contribution in [2.24, 2.45) is 0 Å². The SMILES string of the molecule is CC(C)(C)c1ccc(S(=O)(=O)CCC(=O)Nc2ccc(C#N)cc2)cc1. The maximum atomic E-state index is 12.4. The lowest BCUT2D eigenvalue weighted by Crippen LogP contribution is -2.17. The fourth-order valence-corrected chi connectivity index (χ4v) is 3.60. The Kier molecular flexibility index (Phi) is 5.83. The van der Waals surface area contributed by atoms with Gasteiger partial charge in [-0.05, 0) is 47.4 Å². The maximum absolute atomic E-state index is 12.4. The molecule has 0 spiro atoms. The average molecular weight is 370 g/mol. The summed E-state index contributed by atoms with van der Waals surface area (Å²) in [4.78, 5) is 12.2. The molecule has 136 valence electrons. The van der Waals surface area contributed by atoms with Crippen LogP contribution < -0.4 is 5.32 Å². The van der Waals surface area contributed by atoms with Crippen molar-refractivity contribution >= 4 is 21.4 Å². The second-order valence-electron chi connectivity index (χ2n) is 7.08. The molecule has 0 fully saturated rings. The van der Waals surface area contributed by atoms with Crippen LogP contribution >= 0.6 is 0 Å². The van der Waals surface area contributed by atoms with Gasteiger partial charge in [-0.2, -0.15) is 5.26 Å². The molecule has 0 bridgehead atoms. The van der Waals surface area contributed by atoms with Crippen molar-refractivity contribution < 1.29 is 13.2 Å². The van der Waals surface area contributed by atoms with Crippen LogP contribution in [0.1, 0.15) is 38.3 Å². The highest BCUT2D eigenvalue weighted by molar-refractivity contribution is 7.91. The zero-order valence-electron chi connectivity index (χ0n) is 15.1. The number of anilines is 1. The maximum Gasteiger partial charge on any atom is 0.225 e. The first-order chi connectivity index (χ1) is 12.1. The van der Waals surface area contributed by atoms with Gasteiger partial charge in [-0.3, -0.25) is 4.79 Å². The lowest BCUT2D eigenvalue weighted by Gasteiger charge is -2.19. The van der Waals surface area contributed by atoms with Crippen molar-refractivity contribution in [1.29, 1.82) is 5.26 Å². The van der Waals surface area contributed by atoms with Gasteiger partial charge >= 0.3 is 0 Å². The molecule has 1 amide bonds. The van der Waals surface area contributed by atoms with Crippen LogP contribution in [-0.2, 0) is 20.0 Å². The van der Waals surface area contributed by atoms with Crippen molar-refractivity contribution in [2.45, 2.75) is 37.5 Å². The van der Waals surface area contributed by atoms with Gasteiger partial charge < -0.3 is 5.32 Å². The molecule has 2 rings (SSSR count). The Labute approximate surface area is 154 Å². The molecule has 0 atom stereocenters. The van der Waals surface area contributed by atoms with E-state index in [1.165, 1.54) is 0 Å². The van der Waals surface area contributed by atoms with Crippen LogP contribution in [-0.4, -0.2) is 20.1 Å². The molecule has 0 saturated heterocycles. The summed E-state index contributed by atoms with van der Waals surface area (Å²) in [6.07, 6.45) is -0.136. The molecule has 0 aliphatic heterocycles. The molecule has 6 heteroatoms. The Balaban J connectivity index is 1.98. The van der Waals surface area contributed by atoms with Crippen LogP contribution in [0.25, 0.3) is 0 Å². The van der Waals surface area contributed by atoms with Crippen LogP contribution in [0.3, 0.4) is 0 Å². The molecular weight excluding hydrogens is 348 g/mol. The van der Waals surface area contributed by atoms with Crippen LogP contribution in [0.4, 0.5) is 5.69 Å². The van der Waals surface area contributed by atoms with E-state index in [4.69, 9.17) is 5.26 Å². The largest absolute Gasteiger partial charge is 0.326 e. The quantitative estimate of drug-likeness (QED) is 0.870. The van der Waals surface area contributed by atoms with Crippen molar-refractivity contribution in [3.05, 3.63) is 59.7 Å². The third kappa shape index (κ3) is 5.17. The van der Waals surface area contributed by atoms with Gasteiger partial charge in [0.2, 0.25) is 5.91 Å². The summed E-state index contributed by atoms with van der Waals surface area (Å²) in [6, 6.07) is 15.2. The van der Waals surface area contributed by atoms with Crippen molar-refractivity contribution in [3.63, 3.8) is 0 Å². The van der Waals surface area contributed by atoms with Gasteiger partial charge in [-0.15, -0.1) is 0 Å². The summed E-state index contributed by atoms with van der Waals surface area (Å²) in [6.45, 7) is 6.18. The molecule has 2 aromatic carbocycles. The minimum atomic E-state index is -3.52. The Morgan fingerprint density at radius 3 is 2.12 bits per heavy atom. The first-order valence-electron chi connectivity index (χ1n) is 8.25. The monoisotopic (exact) mass is 370 g/mol. The van der Waals surface area contributed by atoms with Crippen molar-refractivity contribution in [1.82, 2.24) is 0 Å². The molecule has 0 unspecified atom stereocenters. The number of rotatable bonds is 5. The Morgan fingerprint density at radius 1 is 1.04 bits per heavy atom. The van der Waals surface area contributed by atoms with Crippen LogP contribution in [0.15, 0.2) is 53.4 Å². The van der Waals surface area contributed by atoms with Gasteiger partial charge in [0.15, 0.2) is 9.84 Å². The predicted molar refractivity (Wildman–Crippen MR) is 102 cm³/mol. The van der Waals surface area contributed by atoms with E-state index in [1.54, 1.807) is 36.4 Å². The molecule has 5 nitrogen and oxygen atoms in total. The molecule has 0 aliphatic carbocycles. The number of nitrogens with zero attached hydrogens (tertiary/aromatic N) is 1. The van der Waals surface area contributed by atoms with Crippen LogP contribution in [0.5, 0.6) is 0 Å². The summed E-state index contributed by atoms with van der Waals surface area (Å²) in [7, 11) is -3.52. The standard InChI is InChI=1S/C20H22N2O3S/c1-20(2,3)16-6-10-18(11-7-16)26(24,25)13-12-19(23)22-17-8-4-15(14-21)5-9-17/h4-11H,12-13H2,1-3H3,(H,22,23). The normalized spacial score (nSPS) is 11.6. The van der Waals surface area contributed by atoms with Crippen LogP contribution in [0, 0.1) is 11.3 Å². The van der Waals surface area contributed by atoms with Gasteiger partial charge in [0.1, 0.15) is 0 Å². The van der Waals surface area contributed by atoms with E-state index in [0.717, 1.165) is 5.56 Å². The fraction of sp³-hybridized carbons (Fsp3) is 0.300. The first-order valence-corrected chi connectivity index (χ1v) is 9.90. The smallest absolute Gasteiger partial charge is 0.225 e. The van der Waals surface area contributed by atoms with Crippen LogP contribution in [0.2, 0.25) is 0 Å². The topological polar surface area (TPSA) is 87.0 Å². The average Bonchev–Trinajstić information content (AvgIpc) is 2.60. The second kappa shape index (κ2) is 7.71. The van der Waals surface area contributed by atoms with Gasteiger partial charge in [0.05, 0.1) is 22.3 Å². The summed E-state index contributed by atoms with van der Waals surface area (Å²) in [5.74, 6) is -0.645. The Bertz CT molecular complexity index is 917. The van der Waals surface area contributed by atoms with E-state index >= 15 is 0 Å². The predicted octanol–water partition coefficient (Wildman–Crippen LogP) is 3.66. The highest BCUT2D eigenvalue weighted by Crippen LogP contribution is 2.24. The number of benzene rings is 2. The van der Waals surface area contributed by atoms with E-state index in [-0.39, 0.29) is 28.4 Å². The molecule has 0 aromatic heterocycles. The lowest BCUT2D eigenvalue weighted by molar-refractivity contribution is -0.115. The Hall–Kier alpha value is -2.65. The summed E-state index contributed by atoms with van der Waals surface area (Å²) >= 11 is 0. The minimum absolute atomic E-state index is 0.0523. The van der Waals surface area contributed by atoms with Crippen molar-refractivity contribution in [2.75, 3.05) is 11.1 Å². The molecular formula is C20H22N2O3S.